The Balaban J connectivity index is 1.31. The summed E-state index contributed by atoms with van der Waals surface area (Å²) >= 11 is 0. The van der Waals surface area contributed by atoms with E-state index in [-0.39, 0.29) is 5.82 Å². The maximum Gasteiger partial charge on any atom is 0.147 e. The number of aromatic nitrogens is 2. The quantitative estimate of drug-likeness (QED) is 0.0743. The van der Waals surface area contributed by atoms with Crippen molar-refractivity contribution in [1.82, 2.24) is 9.97 Å². The van der Waals surface area contributed by atoms with Crippen LogP contribution in [0.2, 0.25) is 0 Å². The molecule has 2 aromatic carbocycles. The Morgan fingerprint density at radius 2 is 1.60 bits per heavy atom. The predicted octanol–water partition coefficient (Wildman–Crippen LogP) is 11.6. The number of unbranched alkanes of at least 4 members (excludes halogenated alkanes) is 9. The van der Waals surface area contributed by atoms with Crippen LogP contribution in [0.3, 0.4) is 0 Å². The fraction of sp³-hybridized carbons (Fsp3) is 0.421. The number of halogens is 1. The Bertz CT molecular complexity index is 1480. The highest BCUT2D eigenvalue weighted by atomic mass is 19.1. The Morgan fingerprint density at radius 1 is 0.857 bits per heavy atom. The second-order valence-electron chi connectivity index (χ2n) is 11.5. The van der Waals surface area contributed by atoms with Crippen molar-refractivity contribution in [2.45, 2.75) is 103 Å². The van der Waals surface area contributed by atoms with E-state index in [1.165, 1.54) is 67.5 Å². The lowest BCUT2D eigenvalue weighted by atomic mass is 9.89. The molecule has 0 aliphatic heterocycles. The third kappa shape index (κ3) is 8.89. The summed E-state index contributed by atoms with van der Waals surface area (Å²) in [5.74, 6) is 0.122. The molecule has 0 aliphatic carbocycles. The number of para-hydroxylation sites is 1. The van der Waals surface area contributed by atoms with Crippen LogP contribution >= 0.6 is 0 Å². The molecule has 2 aromatic heterocycles. The van der Waals surface area contributed by atoms with E-state index in [2.05, 4.69) is 60.5 Å². The van der Waals surface area contributed by atoms with Crippen molar-refractivity contribution in [3.05, 3.63) is 96.2 Å². The summed E-state index contributed by atoms with van der Waals surface area (Å²) in [6, 6.07) is 18.0. The van der Waals surface area contributed by atoms with Crippen molar-refractivity contribution in [2.24, 2.45) is 0 Å². The maximum atomic E-state index is 14.1. The summed E-state index contributed by atoms with van der Waals surface area (Å²) in [6.45, 7) is 2.27. The molecule has 42 heavy (non-hydrogen) atoms. The maximum absolute atomic E-state index is 14.1. The number of pyridine rings is 1. The van der Waals surface area contributed by atoms with Crippen molar-refractivity contribution in [3.8, 4) is 6.07 Å². The van der Waals surface area contributed by atoms with E-state index >= 15 is 0 Å². The van der Waals surface area contributed by atoms with Crippen molar-refractivity contribution in [3.63, 3.8) is 0 Å². The lowest BCUT2D eigenvalue weighted by Crippen LogP contribution is -2.03. The zero-order chi connectivity index (χ0) is 29.4. The summed E-state index contributed by atoms with van der Waals surface area (Å²) in [7, 11) is 0. The van der Waals surface area contributed by atoms with Crippen LogP contribution in [-0.2, 0) is 0 Å². The first kappa shape index (κ1) is 31.2. The van der Waals surface area contributed by atoms with Crippen LogP contribution in [0.25, 0.3) is 27.2 Å². The first-order valence-corrected chi connectivity index (χ1v) is 16.1. The first-order valence-electron chi connectivity index (χ1n) is 16.1. The minimum Gasteiger partial charge on any atom is -0.358 e. The van der Waals surface area contributed by atoms with Gasteiger partial charge in [0.1, 0.15) is 5.82 Å². The minimum atomic E-state index is -0.294. The molecule has 1 N–H and O–H groups in total. The van der Waals surface area contributed by atoms with E-state index in [4.69, 9.17) is 4.98 Å². The van der Waals surface area contributed by atoms with E-state index in [1.807, 2.05) is 18.3 Å². The average Bonchev–Trinajstić information content (AvgIpc) is 3.45. The summed E-state index contributed by atoms with van der Waals surface area (Å²) in [5, 5.41) is 13.1. The van der Waals surface area contributed by atoms with Crippen molar-refractivity contribution in [1.29, 1.82) is 5.26 Å². The number of H-pyrrole nitrogens is 1. The van der Waals surface area contributed by atoms with Crippen LogP contribution in [0.5, 0.6) is 0 Å². The number of hydrogen-bond acceptors (Lipinski definition) is 2. The van der Waals surface area contributed by atoms with Gasteiger partial charge in [-0.15, -0.1) is 0 Å². The third-order valence-electron chi connectivity index (χ3n) is 8.34. The topological polar surface area (TPSA) is 52.5 Å². The number of nitrogens with one attached hydrogen (secondary N) is 1. The molecule has 0 bridgehead atoms. The van der Waals surface area contributed by atoms with Crippen LogP contribution < -0.4 is 0 Å². The molecule has 0 amide bonds. The van der Waals surface area contributed by atoms with E-state index in [0.29, 0.717) is 17.0 Å². The van der Waals surface area contributed by atoms with Crippen molar-refractivity contribution >= 4 is 27.2 Å². The molecule has 0 saturated heterocycles. The SMILES string of the molecule is CCCCCCCC/C=C\CCCC(CCCC/C=C(\C#N)c1c[nH]c2c(F)cccc12)c1nccc2ccccc12. The van der Waals surface area contributed by atoms with Crippen molar-refractivity contribution in [2.75, 3.05) is 0 Å². The monoisotopic (exact) mass is 563 g/mol. The molecule has 0 spiro atoms. The molecule has 0 radical (unpaired) electrons. The van der Waals surface area contributed by atoms with Gasteiger partial charge in [0, 0.05) is 34.6 Å². The van der Waals surface area contributed by atoms with Gasteiger partial charge in [-0.25, -0.2) is 4.39 Å². The smallest absolute Gasteiger partial charge is 0.147 e. The van der Waals surface area contributed by atoms with Gasteiger partial charge in [0.25, 0.3) is 0 Å². The van der Waals surface area contributed by atoms with E-state index in [9.17, 15) is 9.65 Å². The number of fused-ring (bicyclic) bond motifs is 2. The third-order valence-corrected chi connectivity index (χ3v) is 8.34. The highest BCUT2D eigenvalue weighted by Gasteiger charge is 2.16. The van der Waals surface area contributed by atoms with Gasteiger partial charge in [0.05, 0.1) is 22.9 Å². The summed E-state index contributed by atoms with van der Waals surface area (Å²) < 4.78 is 14.1. The molecule has 4 aromatic rings. The lowest BCUT2D eigenvalue weighted by Gasteiger charge is -2.18. The molecule has 0 fully saturated rings. The molecule has 4 rings (SSSR count). The molecule has 1 unspecified atom stereocenters. The average molecular weight is 564 g/mol. The Kier molecular flexibility index (Phi) is 12.9. The number of nitrogens with zero attached hydrogens (tertiary/aromatic N) is 2. The van der Waals surface area contributed by atoms with E-state index < -0.39 is 0 Å². The van der Waals surface area contributed by atoms with Crippen LogP contribution in [0.4, 0.5) is 4.39 Å². The van der Waals surface area contributed by atoms with E-state index in [0.717, 1.165) is 55.9 Å². The molecule has 0 saturated carbocycles. The van der Waals surface area contributed by atoms with Gasteiger partial charge in [-0.1, -0.05) is 100 Å². The second kappa shape index (κ2) is 17.3. The van der Waals surface area contributed by atoms with Crippen LogP contribution in [-0.4, -0.2) is 9.97 Å². The summed E-state index contributed by atoms with van der Waals surface area (Å²) in [5.41, 5.74) is 3.05. The zero-order valence-corrected chi connectivity index (χ0v) is 25.3. The molecular weight excluding hydrogens is 517 g/mol. The number of rotatable bonds is 18. The van der Waals surface area contributed by atoms with Gasteiger partial charge in [-0.2, -0.15) is 5.26 Å². The fourth-order valence-electron chi connectivity index (χ4n) is 5.98. The van der Waals surface area contributed by atoms with Gasteiger partial charge in [0.15, 0.2) is 0 Å². The van der Waals surface area contributed by atoms with Gasteiger partial charge in [-0.3, -0.25) is 4.98 Å². The Hall–Kier alpha value is -3.71. The first-order chi connectivity index (χ1) is 20.7. The predicted molar refractivity (Wildman–Crippen MR) is 176 cm³/mol. The van der Waals surface area contributed by atoms with Crippen LogP contribution in [0.15, 0.2) is 79.2 Å². The van der Waals surface area contributed by atoms with E-state index in [1.54, 1.807) is 12.3 Å². The minimum absolute atomic E-state index is 0.294. The number of nitriles is 1. The Labute approximate surface area is 251 Å². The Morgan fingerprint density at radius 3 is 2.45 bits per heavy atom. The van der Waals surface area contributed by atoms with Crippen LogP contribution in [0.1, 0.15) is 114 Å². The van der Waals surface area contributed by atoms with Crippen LogP contribution in [0, 0.1) is 17.1 Å². The lowest BCUT2D eigenvalue weighted by molar-refractivity contribution is 0.518. The molecule has 2 heterocycles. The van der Waals surface area contributed by atoms with Gasteiger partial charge in [-0.05, 0) is 68.9 Å². The molecule has 3 nitrogen and oxygen atoms in total. The molecule has 220 valence electrons. The standard InChI is InChI=1S/C38H46FN3/c1-2-3-4-5-6-7-8-9-10-11-13-20-31(37-33-23-17-16-19-30(33)26-27-41-37)21-14-12-15-22-32(28-40)35-29-42-38-34(35)24-18-25-36(38)39/h9-10,16-19,22-27,29,31,42H,2-8,11-15,20-21H2,1H3/b10-9-,32-22+. The van der Waals surface area contributed by atoms with Gasteiger partial charge >= 0.3 is 0 Å². The highest BCUT2D eigenvalue weighted by Crippen LogP contribution is 2.32. The zero-order valence-electron chi connectivity index (χ0n) is 25.3. The normalized spacial score (nSPS) is 12.8. The number of aromatic amines is 1. The summed E-state index contributed by atoms with van der Waals surface area (Å²) in [6.07, 6.45) is 27.1. The van der Waals surface area contributed by atoms with Gasteiger partial charge in [0.2, 0.25) is 0 Å². The largest absolute Gasteiger partial charge is 0.358 e. The summed E-state index contributed by atoms with van der Waals surface area (Å²) in [4.78, 5) is 7.87. The molecule has 4 heteroatoms. The van der Waals surface area contributed by atoms with Gasteiger partial charge < -0.3 is 4.98 Å². The fourth-order valence-corrected chi connectivity index (χ4v) is 5.98. The molecular formula is C38H46FN3. The molecule has 1 atom stereocenters. The number of hydrogen-bond donors (Lipinski definition) is 1. The molecule has 0 aliphatic rings. The second-order valence-corrected chi connectivity index (χ2v) is 11.5. The number of allylic oxidation sites excluding steroid dienone is 4. The number of benzene rings is 2. The highest BCUT2D eigenvalue weighted by molar-refractivity contribution is 5.96. The van der Waals surface area contributed by atoms with Crippen molar-refractivity contribution < 1.29 is 4.39 Å².